The number of carbonyl (C=O) groups excluding carboxylic acids is 1. The first-order chi connectivity index (χ1) is 23.0. The predicted molar refractivity (Wildman–Crippen MR) is 179 cm³/mol. The number of alkyl halides is 3. The Balaban J connectivity index is 0.000000387. The zero-order valence-corrected chi connectivity index (χ0v) is 27.2. The van der Waals surface area contributed by atoms with Gasteiger partial charge in [0.15, 0.2) is 0 Å². The van der Waals surface area contributed by atoms with E-state index in [4.69, 9.17) is 9.72 Å². The van der Waals surface area contributed by atoms with Crippen LogP contribution in [0, 0.1) is 0 Å². The zero-order valence-electron chi connectivity index (χ0n) is 26.4. The Morgan fingerprint density at radius 2 is 1.56 bits per heavy atom. The molecule has 1 saturated heterocycles. The summed E-state index contributed by atoms with van der Waals surface area (Å²) in [6.07, 6.45) is -0.500. The number of nitrogens with one attached hydrogen (secondary N) is 2. The molecular formula is C36H37F3N4O4S. The van der Waals surface area contributed by atoms with E-state index in [0.29, 0.717) is 31.8 Å². The van der Waals surface area contributed by atoms with Crippen LogP contribution in [-0.4, -0.2) is 47.4 Å². The Hall–Kier alpha value is -4.68. The SMILES string of the molecule is CS(=O)(=O)N1CCCC[C@H]1C(=O)N[C@@H](Cc1ccc(OCc2ccccc2)cc1)c1nc2ccccc2[nH]1.FC(F)(F)c1ccccc1. The summed E-state index contributed by atoms with van der Waals surface area (Å²) < 4.78 is 67.3. The molecule has 1 aliphatic rings. The highest BCUT2D eigenvalue weighted by atomic mass is 32.2. The molecule has 48 heavy (non-hydrogen) atoms. The molecule has 1 amide bonds. The first-order valence-electron chi connectivity index (χ1n) is 15.6. The summed E-state index contributed by atoms with van der Waals surface area (Å²) in [6, 6.07) is 30.7. The van der Waals surface area contributed by atoms with Gasteiger partial charge in [-0.15, -0.1) is 0 Å². The van der Waals surface area contributed by atoms with Crippen LogP contribution < -0.4 is 10.1 Å². The van der Waals surface area contributed by atoms with Gasteiger partial charge in [-0.25, -0.2) is 13.4 Å². The molecule has 0 unspecified atom stereocenters. The Labute approximate surface area is 278 Å². The van der Waals surface area contributed by atoms with E-state index in [2.05, 4.69) is 10.3 Å². The number of piperidine rings is 1. The smallest absolute Gasteiger partial charge is 0.416 e. The fraction of sp³-hybridized carbons (Fsp3) is 0.278. The number of halogens is 3. The maximum absolute atomic E-state index is 13.4. The predicted octanol–water partition coefficient (Wildman–Crippen LogP) is 7.06. The van der Waals surface area contributed by atoms with Gasteiger partial charge in [0.25, 0.3) is 0 Å². The van der Waals surface area contributed by atoms with E-state index >= 15 is 0 Å². The zero-order chi connectivity index (χ0) is 34.1. The van der Waals surface area contributed by atoms with Crippen molar-refractivity contribution in [3.63, 3.8) is 0 Å². The molecule has 2 heterocycles. The lowest BCUT2D eigenvalue weighted by atomic mass is 10.0. The second-order valence-corrected chi connectivity index (χ2v) is 13.5. The van der Waals surface area contributed by atoms with Gasteiger partial charge in [-0.2, -0.15) is 17.5 Å². The van der Waals surface area contributed by atoms with Crippen LogP contribution in [0.3, 0.4) is 0 Å². The van der Waals surface area contributed by atoms with E-state index in [1.165, 1.54) is 16.4 Å². The second kappa shape index (κ2) is 15.5. The first-order valence-corrected chi connectivity index (χ1v) is 17.4. The van der Waals surface area contributed by atoms with Gasteiger partial charge < -0.3 is 15.0 Å². The highest BCUT2D eigenvalue weighted by Crippen LogP contribution is 2.28. The lowest BCUT2D eigenvalue weighted by Crippen LogP contribution is -2.52. The molecular weight excluding hydrogens is 641 g/mol. The van der Waals surface area contributed by atoms with Gasteiger partial charge >= 0.3 is 6.18 Å². The third-order valence-corrected chi connectivity index (χ3v) is 9.24. The molecule has 6 rings (SSSR count). The van der Waals surface area contributed by atoms with E-state index in [-0.39, 0.29) is 5.91 Å². The quantitative estimate of drug-likeness (QED) is 0.174. The van der Waals surface area contributed by atoms with Crippen molar-refractivity contribution in [3.05, 3.63) is 132 Å². The van der Waals surface area contributed by atoms with E-state index < -0.39 is 33.8 Å². The van der Waals surface area contributed by atoms with Gasteiger partial charge in [0, 0.05) is 6.54 Å². The Morgan fingerprint density at radius 3 is 2.19 bits per heavy atom. The molecule has 0 radical (unpaired) electrons. The molecule has 2 N–H and O–H groups in total. The number of rotatable bonds is 9. The largest absolute Gasteiger partial charge is 0.489 e. The highest BCUT2D eigenvalue weighted by Gasteiger charge is 2.36. The molecule has 0 bridgehead atoms. The van der Waals surface area contributed by atoms with Crippen LogP contribution in [-0.2, 0) is 34.0 Å². The number of hydrogen-bond donors (Lipinski definition) is 2. The third-order valence-electron chi connectivity index (χ3n) is 7.95. The first kappa shape index (κ1) is 34.6. The number of para-hydroxylation sites is 2. The van der Waals surface area contributed by atoms with Crippen molar-refractivity contribution in [1.29, 1.82) is 0 Å². The minimum absolute atomic E-state index is 0.302. The number of carbonyl (C=O) groups is 1. The number of fused-ring (bicyclic) bond motifs is 1. The van der Waals surface area contributed by atoms with E-state index in [0.717, 1.165) is 59.1 Å². The van der Waals surface area contributed by atoms with E-state index in [1.807, 2.05) is 78.9 Å². The summed E-state index contributed by atoms with van der Waals surface area (Å²) in [7, 11) is -3.50. The molecule has 1 aliphatic heterocycles. The van der Waals surface area contributed by atoms with Gasteiger partial charge in [0.1, 0.15) is 24.2 Å². The monoisotopic (exact) mass is 678 g/mol. The molecule has 5 aromatic rings. The van der Waals surface area contributed by atoms with Crippen LogP contribution >= 0.6 is 0 Å². The molecule has 8 nitrogen and oxygen atoms in total. The number of sulfonamides is 1. The van der Waals surface area contributed by atoms with Gasteiger partial charge in [0.2, 0.25) is 15.9 Å². The summed E-state index contributed by atoms with van der Waals surface area (Å²) in [5.41, 5.74) is 3.17. The number of H-pyrrole nitrogens is 1. The van der Waals surface area contributed by atoms with Crippen molar-refractivity contribution in [2.24, 2.45) is 0 Å². The van der Waals surface area contributed by atoms with Crippen molar-refractivity contribution in [2.45, 2.75) is 50.6 Å². The minimum Gasteiger partial charge on any atom is -0.489 e. The second-order valence-electron chi connectivity index (χ2n) is 11.6. The molecule has 1 aromatic heterocycles. The molecule has 4 aromatic carbocycles. The third kappa shape index (κ3) is 9.45. The van der Waals surface area contributed by atoms with Crippen molar-refractivity contribution in [2.75, 3.05) is 12.8 Å². The van der Waals surface area contributed by atoms with Crippen molar-refractivity contribution in [1.82, 2.24) is 19.6 Å². The van der Waals surface area contributed by atoms with Gasteiger partial charge in [-0.3, -0.25) is 4.79 Å². The van der Waals surface area contributed by atoms with Gasteiger partial charge in [-0.1, -0.05) is 91.3 Å². The number of aromatic amines is 1. The minimum atomic E-state index is -4.21. The molecule has 12 heteroatoms. The fourth-order valence-electron chi connectivity index (χ4n) is 5.51. The fourth-order valence-corrected chi connectivity index (χ4v) is 6.64. The molecule has 0 saturated carbocycles. The summed E-state index contributed by atoms with van der Waals surface area (Å²) in [5, 5.41) is 3.11. The number of benzene rings is 4. The maximum atomic E-state index is 13.4. The molecule has 2 atom stereocenters. The van der Waals surface area contributed by atoms with Crippen LogP contribution in [0.4, 0.5) is 13.2 Å². The number of amides is 1. The van der Waals surface area contributed by atoms with Crippen LogP contribution in [0.25, 0.3) is 11.0 Å². The van der Waals surface area contributed by atoms with Gasteiger partial charge in [0.05, 0.1) is 28.9 Å². The number of hydrogen-bond acceptors (Lipinski definition) is 5. The number of aromatic nitrogens is 2. The highest BCUT2D eigenvalue weighted by molar-refractivity contribution is 7.88. The van der Waals surface area contributed by atoms with E-state index in [1.54, 1.807) is 6.07 Å². The normalized spacial score (nSPS) is 16.0. The molecule has 0 spiro atoms. The van der Waals surface area contributed by atoms with Crippen LogP contribution in [0.2, 0.25) is 0 Å². The maximum Gasteiger partial charge on any atom is 0.416 e. The van der Waals surface area contributed by atoms with Crippen LogP contribution in [0.15, 0.2) is 109 Å². The Bertz CT molecular complexity index is 1850. The van der Waals surface area contributed by atoms with Crippen LogP contribution in [0.1, 0.15) is 47.8 Å². The average Bonchev–Trinajstić information content (AvgIpc) is 3.53. The standard InChI is InChI=1S/C29H32N4O4S.C7H5F3/c1-38(35,36)33-18-8-7-13-27(33)29(34)32-26(28-30-24-11-5-6-12-25(24)31-28)19-21-14-16-23(17-15-21)37-20-22-9-3-2-4-10-22;8-7(9,10)6-4-2-1-3-5-6/h2-6,9-12,14-17,26-27H,7-8,13,18-20H2,1H3,(H,30,31)(H,32,34);1-5H/t26-,27-;/m0./s1. The summed E-state index contributed by atoms with van der Waals surface area (Å²) in [4.78, 5) is 21.5. The average molecular weight is 679 g/mol. The lowest BCUT2D eigenvalue weighted by Gasteiger charge is -2.33. The lowest BCUT2D eigenvalue weighted by molar-refractivity contribution is -0.137. The number of imidazole rings is 1. The molecule has 0 aliphatic carbocycles. The Kier molecular flexibility index (Phi) is 11.2. The summed E-state index contributed by atoms with van der Waals surface area (Å²) in [5.74, 6) is 1.09. The topological polar surface area (TPSA) is 104 Å². The van der Waals surface area contributed by atoms with Crippen molar-refractivity contribution in [3.8, 4) is 5.75 Å². The Morgan fingerprint density at radius 1 is 0.917 bits per heavy atom. The molecule has 252 valence electrons. The number of nitrogens with zero attached hydrogens (tertiary/aromatic N) is 2. The van der Waals surface area contributed by atoms with Crippen molar-refractivity contribution < 1.29 is 31.1 Å². The molecule has 1 fully saturated rings. The van der Waals surface area contributed by atoms with Crippen molar-refractivity contribution >= 4 is 27.0 Å². The van der Waals surface area contributed by atoms with E-state index in [9.17, 15) is 26.4 Å². The summed E-state index contributed by atoms with van der Waals surface area (Å²) in [6.45, 7) is 0.840. The summed E-state index contributed by atoms with van der Waals surface area (Å²) >= 11 is 0. The van der Waals surface area contributed by atoms with Gasteiger partial charge in [-0.05, 0) is 54.7 Å². The number of ether oxygens (including phenoxy) is 1. The van der Waals surface area contributed by atoms with Crippen LogP contribution in [0.5, 0.6) is 5.75 Å².